The number of nitro groups is 1. The van der Waals surface area contributed by atoms with Crippen molar-refractivity contribution in [2.24, 2.45) is 0 Å². The molecule has 0 aliphatic carbocycles. The summed E-state index contributed by atoms with van der Waals surface area (Å²) in [5.41, 5.74) is 1.71. The quantitative estimate of drug-likeness (QED) is 0.578. The molecule has 1 saturated heterocycles. The zero-order valence-corrected chi connectivity index (χ0v) is 17.2. The molecule has 2 aliphatic rings. The van der Waals surface area contributed by atoms with Gasteiger partial charge in [0.1, 0.15) is 5.69 Å². The van der Waals surface area contributed by atoms with Crippen LogP contribution in [0.25, 0.3) is 0 Å². The second kappa shape index (κ2) is 8.61. The molecule has 29 heavy (non-hydrogen) atoms. The Kier molecular flexibility index (Phi) is 5.94. The lowest BCUT2D eigenvalue weighted by molar-refractivity contribution is -0.384. The Bertz CT molecular complexity index is 949. The molecule has 9 heteroatoms. The molecule has 2 heterocycles. The third-order valence-electron chi connectivity index (χ3n) is 5.10. The molecule has 1 N–H and O–H groups in total. The lowest BCUT2D eigenvalue weighted by atomic mass is 10.0. The van der Waals surface area contributed by atoms with Gasteiger partial charge in [-0.25, -0.2) is 0 Å². The van der Waals surface area contributed by atoms with Crippen molar-refractivity contribution < 1.29 is 14.5 Å². The lowest BCUT2D eigenvalue weighted by Crippen LogP contribution is -2.36. The van der Waals surface area contributed by atoms with Gasteiger partial charge in [-0.1, -0.05) is 11.6 Å². The number of morpholine rings is 1. The first-order valence-electron chi connectivity index (χ1n) is 9.37. The summed E-state index contributed by atoms with van der Waals surface area (Å²) >= 11 is 7.87. The van der Waals surface area contributed by atoms with E-state index in [2.05, 4.69) is 5.32 Å². The second-order valence-electron chi connectivity index (χ2n) is 6.91. The molecule has 0 spiro atoms. The molecule has 4 rings (SSSR count). The Morgan fingerprint density at radius 1 is 1.24 bits per heavy atom. The number of hydrogen-bond acceptors (Lipinski definition) is 6. The molecule has 0 bridgehead atoms. The standard InChI is InChI=1S/C20H20ClN3O4S/c21-14-2-4-19-15(12-14)16(5-10-29-19)22-20(25)13-1-3-17(18(11-13)24(26)27)23-6-8-28-9-7-23/h1-4,11-12,16H,5-10H2,(H,22,25)/t16-/m1/s1. The Hall–Kier alpha value is -2.29. The summed E-state index contributed by atoms with van der Waals surface area (Å²) in [6.07, 6.45) is 0.775. The van der Waals surface area contributed by atoms with Crippen LogP contribution >= 0.6 is 23.4 Å². The Morgan fingerprint density at radius 2 is 2.03 bits per heavy atom. The maximum absolute atomic E-state index is 12.9. The summed E-state index contributed by atoms with van der Waals surface area (Å²) in [6.45, 7) is 2.23. The number of ether oxygens (including phenoxy) is 1. The molecule has 7 nitrogen and oxygen atoms in total. The minimum Gasteiger partial charge on any atom is -0.378 e. The smallest absolute Gasteiger partial charge is 0.293 e. The van der Waals surface area contributed by atoms with E-state index in [1.807, 2.05) is 23.1 Å². The molecule has 1 amide bonds. The molecule has 0 aromatic heterocycles. The van der Waals surface area contributed by atoms with E-state index in [1.54, 1.807) is 23.9 Å². The van der Waals surface area contributed by atoms with E-state index >= 15 is 0 Å². The van der Waals surface area contributed by atoms with E-state index < -0.39 is 4.92 Å². The predicted octanol–water partition coefficient (Wildman–Crippen LogP) is 4.05. The molecule has 2 aliphatic heterocycles. The van der Waals surface area contributed by atoms with Gasteiger partial charge in [-0.2, -0.15) is 0 Å². The number of anilines is 1. The van der Waals surface area contributed by atoms with E-state index in [9.17, 15) is 14.9 Å². The fourth-order valence-corrected chi connectivity index (χ4v) is 4.93. The maximum Gasteiger partial charge on any atom is 0.293 e. The number of benzene rings is 2. The first kappa shape index (κ1) is 20.0. The third-order valence-corrected chi connectivity index (χ3v) is 6.46. The van der Waals surface area contributed by atoms with E-state index in [1.165, 1.54) is 6.07 Å². The van der Waals surface area contributed by atoms with Crippen molar-refractivity contribution in [3.8, 4) is 0 Å². The molecule has 1 fully saturated rings. The van der Waals surface area contributed by atoms with Crippen LogP contribution in [0.4, 0.5) is 11.4 Å². The van der Waals surface area contributed by atoms with Crippen molar-refractivity contribution in [1.29, 1.82) is 0 Å². The number of hydrogen-bond donors (Lipinski definition) is 1. The minimum absolute atomic E-state index is 0.0674. The number of rotatable bonds is 4. The van der Waals surface area contributed by atoms with Crippen molar-refractivity contribution >= 4 is 40.6 Å². The van der Waals surface area contributed by atoms with Gasteiger partial charge in [-0.05, 0) is 42.3 Å². The average Bonchev–Trinajstić information content (AvgIpc) is 2.74. The van der Waals surface area contributed by atoms with Crippen molar-refractivity contribution in [3.05, 3.63) is 62.7 Å². The first-order valence-corrected chi connectivity index (χ1v) is 10.7. The minimum atomic E-state index is -0.437. The van der Waals surface area contributed by atoms with Crippen LogP contribution < -0.4 is 10.2 Å². The van der Waals surface area contributed by atoms with Crippen LogP contribution in [0, 0.1) is 10.1 Å². The molecule has 152 valence electrons. The number of nitrogens with one attached hydrogen (secondary N) is 1. The Balaban J connectivity index is 1.57. The van der Waals surface area contributed by atoms with E-state index in [0.717, 1.165) is 22.6 Å². The van der Waals surface area contributed by atoms with Crippen LogP contribution in [0.3, 0.4) is 0 Å². The third kappa shape index (κ3) is 4.34. The van der Waals surface area contributed by atoms with Gasteiger partial charge in [0.15, 0.2) is 0 Å². The Morgan fingerprint density at radius 3 is 2.79 bits per heavy atom. The Labute approximate surface area is 177 Å². The SMILES string of the molecule is O=C(N[C@@H]1CCSc2ccc(Cl)cc21)c1ccc(N2CCOCC2)c([N+](=O)[O-])c1. The van der Waals surface area contributed by atoms with E-state index in [4.69, 9.17) is 16.3 Å². The lowest BCUT2D eigenvalue weighted by Gasteiger charge is -2.28. The zero-order chi connectivity index (χ0) is 20.4. The van der Waals surface area contributed by atoms with Crippen LogP contribution in [-0.4, -0.2) is 42.9 Å². The summed E-state index contributed by atoms with van der Waals surface area (Å²) in [6, 6.07) is 10.2. The van der Waals surface area contributed by atoms with Gasteiger partial charge >= 0.3 is 0 Å². The summed E-state index contributed by atoms with van der Waals surface area (Å²) in [4.78, 5) is 27.1. The monoisotopic (exact) mass is 433 g/mol. The van der Waals surface area contributed by atoms with Gasteiger partial charge in [-0.15, -0.1) is 11.8 Å². The molecule has 2 aromatic rings. The van der Waals surface area contributed by atoms with Crippen LogP contribution in [0.1, 0.15) is 28.4 Å². The number of nitro benzene ring substituents is 1. The van der Waals surface area contributed by atoms with Gasteiger partial charge in [0, 0.05) is 40.4 Å². The molecule has 1 atom stereocenters. The molecule has 2 aromatic carbocycles. The molecular weight excluding hydrogens is 414 g/mol. The van der Waals surface area contributed by atoms with E-state index in [0.29, 0.717) is 37.0 Å². The average molecular weight is 434 g/mol. The highest BCUT2D eigenvalue weighted by molar-refractivity contribution is 7.99. The molecular formula is C20H20ClN3O4S. The summed E-state index contributed by atoms with van der Waals surface area (Å²) in [7, 11) is 0. The normalized spacial score (nSPS) is 18.8. The van der Waals surface area contributed by atoms with Crippen molar-refractivity contribution in [1.82, 2.24) is 5.32 Å². The number of carbonyl (C=O) groups excluding carboxylic acids is 1. The highest BCUT2D eigenvalue weighted by atomic mass is 35.5. The van der Waals surface area contributed by atoms with Crippen molar-refractivity contribution in [3.63, 3.8) is 0 Å². The zero-order valence-electron chi connectivity index (χ0n) is 15.6. The fraction of sp³-hybridized carbons (Fsp3) is 0.350. The maximum atomic E-state index is 12.9. The number of nitrogens with zero attached hydrogens (tertiary/aromatic N) is 2. The summed E-state index contributed by atoms with van der Waals surface area (Å²) in [5.74, 6) is 0.555. The molecule has 0 radical (unpaired) electrons. The first-order chi connectivity index (χ1) is 14.0. The highest BCUT2D eigenvalue weighted by Gasteiger charge is 2.26. The molecule has 0 saturated carbocycles. The van der Waals surface area contributed by atoms with Crippen molar-refractivity contribution in [2.75, 3.05) is 37.0 Å². The van der Waals surface area contributed by atoms with Gasteiger partial charge in [0.2, 0.25) is 0 Å². The topological polar surface area (TPSA) is 84.7 Å². The summed E-state index contributed by atoms with van der Waals surface area (Å²) < 4.78 is 5.32. The molecule has 0 unspecified atom stereocenters. The predicted molar refractivity (Wildman–Crippen MR) is 113 cm³/mol. The van der Waals surface area contributed by atoms with Gasteiger partial charge < -0.3 is 15.0 Å². The van der Waals surface area contributed by atoms with Gasteiger partial charge in [0.05, 0.1) is 24.2 Å². The number of fused-ring (bicyclic) bond motifs is 1. The van der Waals surface area contributed by atoms with Crippen LogP contribution in [0.5, 0.6) is 0 Å². The number of halogens is 1. The van der Waals surface area contributed by atoms with Crippen molar-refractivity contribution in [2.45, 2.75) is 17.4 Å². The highest BCUT2D eigenvalue weighted by Crippen LogP contribution is 2.38. The van der Waals surface area contributed by atoms with E-state index in [-0.39, 0.29) is 23.2 Å². The van der Waals surface area contributed by atoms with Gasteiger partial charge in [-0.3, -0.25) is 14.9 Å². The second-order valence-corrected chi connectivity index (χ2v) is 8.48. The number of amides is 1. The number of carbonyl (C=O) groups is 1. The van der Waals surface area contributed by atoms with Crippen LogP contribution in [-0.2, 0) is 4.74 Å². The fourth-order valence-electron chi connectivity index (χ4n) is 3.64. The summed E-state index contributed by atoms with van der Waals surface area (Å²) in [5, 5.41) is 15.3. The largest absolute Gasteiger partial charge is 0.378 e. The number of thioether (sulfide) groups is 1. The van der Waals surface area contributed by atoms with Crippen LogP contribution in [0.15, 0.2) is 41.3 Å². The van der Waals surface area contributed by atoms with Crippen LogP contribution in [0.2, 0.25) is 5.02 Å². The van der Waals surface area contributed by atoms with Gasteiger partial charge in [0.25, 0.3) is 11.6 Å².